The summed E-state index contributed by atoms with van der Waals surface area (Å²) in [6.07, 6.45) is 1.72. The Morgan fingerprint density at radius 1 is 1.25 bits per heavy atom. The van der Waals surface area contributed by atoms with Gasteiger partial charge in [-0.25, -0.2) is 0 Å². The van der Waals surface area contributed by atoms with Crippen LogP contribution in [-0.4, -0.2) is 16.2 Å². The average molecular weight is 294 g/mol. The van der Waals surface area contributed by atoms with Gasteiger partial charge in [-0.15, -0.1) is 0 Å². The predicted octanol–water partition coefficient (Wildman–Crippen LogP) is 3.57. The Morgan fingerprint density at radius 3 is 2.55 bits per heavy atom. The summed E-state index contributed by atoms with van der Waals surface area (Å²) in [4.78, 5) is 4.34. The van der Waals surface area contributed by atoms with Crippen LogP contribution < -0.4 is 5.32 Å². The highest BCUT2D eigenvalue weighted by atomic mass is 35.5. The van der Waals surface area contributed by atoms with Crippen molar-refractivity contribution in [2.75, 3.05) is 0 Å². The molecule has 0 saturated carbocycles. The van der Waals surface area contributed by atoms with E-state index in [2.05, 4.69) is 22.4 Å². The lowest BCUT2D eigenvalue weighted by molar-refractivity contribution is 0.324. The van der Waals surface area contributed by atoms with Crippen LogP contribution >= 0.6 is 11.6 Å². The fraction of sp³-hybridized carbons (Fsp3) is 0.467. The van der Waals surface area contributed by atoms with Crippen LogP contribution in [0.4, 0.5) is 0 Å². The zero-order valence-electron chi connectivity index (χ0n) is 12.1. The van der Waals surface area contributed by atoms with Gasteiger partial charge in [0.2, 0.25) is 5.89 Å². The molecule has 0 amide bonds. The first-order valence-electron chi connectivity index (χ1n) is 6.91. The molecule has 1 aromatic carbocycles. The molecule has 0 aliphatic carbocycles. The Balaban J connectivity index is 1.90. The highest BCUT2D eigenvalue weighted by molar-refractivity contribution is 6.30. The van der Waals surface area contributed by atoms with Crippen LogP contribution in [0.1, 0.15) is 44.1 Å². The van der Waals surface area contributed by atoms with Gasteiger partial charge in [0, 0.05) is 17.5 Å². The first-order chi connectivity index (χ1) is 9.58. The van der Waals surface area contributed by atoms with Crippen LogP contribution in [-0.2, 0) is 12.8 Å². The molecule has 0 fully saturated rings. The summed E-state index contributed by atoms with van der Waals surface area (Å²) in [5.41, 5.74) is 1.25. The quantitative estimate of drug-likeness (QED) is 0.884. The van der Waals surface area contributed by atoms with Crippen LogP contribution in [0.2, 0.25) is 5.02 Å². The number of nitrogens with zero attached hydrogens (tertiary/aromatic N) is 2. The number of halogens is 1. The second kappa shape index (κ2) is 6.86. The van der Waals surface area contributed by atoms with Crippen molar-refractivity contribution in [3.05, 3.63) is 46.6 Å². The minimum absolute atomic E-state index is 0.0464. The van der Waals surface area contributed by atoms with Gasteiger partial charge in [0.05, 0.1) is 6.04 Å². The fourth-order valence-corrected chi connectivity index (χ4v) is 2.24. The van der Waals surface area contributed by atoms with Gasteiger partial charge in [-0.3, -0.25) is 0 Å². The Morgan fingerprint density at radius 2 is 1.95 bits per heavy atom. The van der Waals surface area contributed by atoms with E-state index in [1.165, 1.54) is 5.56 Å². The summed E-state index contributed by atoms with van der Waals surface area (Å²) >= 11 is 5.89. The van der Waals surface area contributed by atoms with Crippen LogP contribution in [0.15, 0.2) is 28.8 Å². The van der Waals surface area contributed by atoms with Crippen LogP contribution in [0.3, 0.4) is 0 Å². The SMILES string of the molecule is CCc1noc([C@@H](C)N[C@H](C)Cc2ccc(Cl)cc2)n1. The molecule has 4 nitrogen and oxygen atoms in total. The second-order valence-corrected chi connectivity index (χ2v) is 5.46. The maximum atomic E-state index is 5.89. The van der Waals surface area contributed by atoms with Crippen molar-refractivity contribution < 1.29 is 4.52 Å². The predicted molar refractivity (Wildman–Crippen MR) is 79.8 cm³/mol. The van der Waals surface area contributed by atoms with Crippen LogP contribution in [0.5, 0.6) is 0 Å². The molecule has 0 aliphatic heterocycles. The molecule has 1 N–H and O–H groups in total. The van der Waals surface area contributed by atoms with E-state index in [0.717, 1.165) is 23.7 Å². The largest absolute Gasteiger partial charge is 0.338 e. The molecule has 0 saturated heterocycles. The lowest BCUT2D eigenvalue weighted by Crippen LogP contribution is -2.30. The van der Waals surface area contributed by atoms with Gasteiger partial charge in [-0.2, -0.15) is 4.98 Å². The number of hydrogen-bond acceptors (Lipinski definition) is 4. The fourth-order valence-electron chi connectivity index (χ4n) is 2.12. The van der Waals surface area contributed by atoms with Crippen molar-refractivity contribution in [2.45, 2.75) is 45.7 Å². The van der Waals surface area contributed by atoms with Crippen LogP contribution in [0, 0.1) is 0 Å². The number of aryl methyl sites for hydroxylation is 1. The molecule has 2 atom stereocenters. The molecule has 0 bridgehead atoms. The number of hydrogen-bond donors (Lipinski definition) is 1. The van der Waals surface area contributed by atoms with Gasteiger partial charge < -0.3 is 9.84 Å². The molecule has 5 heteroatoms. The van der Waals surface area contributed by atoms with Crippen molar-refractivity contribution in [3.8, 4) is 0 Å². The van der Waals surface area contributed by atoms with Crippen molar-refractivity contribution in [3.63, 3.8) is 0 Å². The molecule has 0 unspecified atom stereocenters. The molecule has 1 heterocycles. The van der Waals surface area contributed by atoms with E-state index in [9.17, 15) is 0 Å². The minimum Gasteiger partial charge on any atom is -0.338 e. The molecule has 108 valence electrons. The second-order valence-electron chi connectivity index (χ2n) is 5.02. The number of aromatic nitrogens is 2. The molecule has 0 aliphatic rings. The zero-order chi connectivity index (χ0) is 14.5. The smallest absolute Gasteiger partial charge is 0.243 e. The summed E-state index contributed by atoms with van der Waals surface area (Å²) in [7, 11) is 0. The molecule has 0 spiro atoms. The van der Waals surface area contributed by atoms with E-state index in [1.807, 2.05) is 38.1 Å². The third-order valence-corrected chi connectivity index (χ3v) is 3.41. The maximum Gasteiger partial charge on any atom is 0.243 e. The minimum atomic E-state index is 0.0464. The molecular formula is C15H20ClN3O. The highest BCUT2D eigenvalue weighted by Gasteiger charge is 2.16. The summed E-state index contributed by atoms with van der Waals surface area (Å²) in [6.45, 7) is 6.18. The third kappa shape index (κ3) is 4.05. The van der Waals surface area contributed by atoms with Crippen LogP contribution in [0.25, 0.3) is 0 Å². The summed E-state index contributed by atoms with van der Waals surface area (Å²) < 4.78 is 5.24. The Hall–Kier alpha value is -1.39. The van der Waals surface area contributed by atoms with Gasteiger partial charge in [-0.05, 0) is 38.0 Å². The first kappa shape index (κ1) is 15.0. The molecule has 1 aromatic heterocycles. The lowest BCUT2D eigenvalue weighted by Gasteiger charge is -2.17. The third-order valence-electron chi connectivity index (χ3n) is 3.16. The highest BCUT2D eigenvalue weighted by Crippen LogP contribution is 2.14. The van der Waals surface area contributed by atoms with Crippen molar-refractivity contribution >= 4 is 11.6 Å². The maximum absolute atomic E-state index is 5.89. The van der Waals surface area contributed by atoms with E-state index in [1.54, 1.807) is 0 Å². The average Bonchev–Trinajstić information content (AvgIpc) is 2.90. The molecule has 2 aromatic rings. The monoisotopic (exact) mass is 293 g/mol. The Kier molecular flexibility index (Phi) is 5.15. The van der Waals surface area contributed by atoms with Gasteiger partial charge >= 0.3 is 0 Å². The molecular weight excluding hydrogens is 274 g/mol. The number of rotatable bonds is 6. The Labute approximate surface area is 124 Å². The standard InChI is InChI=1S/C15H20ClN3O/c1-4-14-18-15(20-19-14)11(3)17-10(2)9-12-5-7-13(16)8-6-12/h5-8,10-11,17H,4,9H2,1-3H3/t10-,11-/m1/s1. The number of benzene rings is 1. The van der Waals surface area contributed by atoms with E-state index in [4.69, 9.17) is 16.1 Å². The molecule has 0 radical (unpaired) electrons. The normalized spacial score (nSPS) is 14.2. The topological polar surface area (TPSA) is 51.0 Å². The van der Waals surface area contributed by atoms with Gasteiger partial charge in [-0.1, -0.05) is 35.8 Å². The number of nitrogens with one attached hydrogen (secondary N) is 1. The van der Waals surface area contributed by atoms with Gasteiger partial charge in [0.1, 0.15) is 0 Å². The van der Waals surface area contributed by atoms with Gasteiger partial charge in [0.15, 0.2) is 5.82 Å². The van der Waals surface area contributed by atoms with Gasteiger partial charge in [0.25, 0.3) is 0 Å². The molecule has 20 heavy (non-hydrogen) atoms. The van der Waals surface area contributed by atoms with E-state index in [0.29, 0.717) is 11.9 Å². The lowest BCUT2D eigenvalue weighted by atomic mass is 10.1. The Bertz CT molecular complexity index is 538. The van der Waals surface area contributed by atoms with Crippen molar-refractivity contribution in [2.24, 2.45) is 0 Å². The summed E-state index contributed by atoms with van der Waals surface area (Å²) in [6, 6.07) is 8.28. The van der Waals surface area contributed by atoms with E-state index < -0.39 is 0 Å². The van der Waals surface area contributed by atoms with E-state index >= 15 is 0 Å². The zero-order valence-corrected chi connectivity index (χ0v) is 12.8. The van der Waals surface area contributed by atoms with Crippen molar-refractivity contribution in [1.29, 1.82) is 0 Å². The van der Waals surface area contributed by atoms with E-state index in [-0.39, 0.29) is 6.04 Å². The summed E-state index contributed by atoms with van der Waals surface area (Å²) in [5.74, 6) is 1.39. The first-order valence-corrected chi connectivity index (χ1v) is 7.29. The summed E-state index contributed by atoms with van der Waals surface area (Å²) in [5, 5.41) is 8.15. The van der Waals surface area contributed by atoms with Crippen molar-refractivity contribution in [1.82, 2.24) is 15.5 Å². The molecule has 2 rings (SSSR count).